The van der Waals surface area contributed by atoms with E-state index in [0.29, 0.717) is 6.42 Å². The van der Waals surface area contributed by atoms with Crippen molar-refractivity contribution in [2.24, 2.45) is 23.2 Å². The second-order valence-corrected chi connectivity index (χ2v) is 6.27. The van der Waals surface area contributed by atoms with Crippen LogP contribution in [0, 0.1) is 23.2 Å². The first-order valence-corrected chi connectivity index (χ1v) is 8.12. The summed E-state index contributed by atoms with van der Waals surface area (Å²) in [4.78, 5) is 25.4. The molecule has 0 saturated carbocycles. The van der Waals surface area contributed by atoms with Crippen molar-refractivity contribution in [3.8, 4) is 0 Å². The highest BCUT2D eigenvalue weighted by molar-refractivity contribution is 6.00. The van der Waals surface area contributed by atoms with Crippen LogP contribution in [0.5, 0.6) is 0 Å². The zero-order chi connectivity index (χ0) is 16.6. The summed E-state index contributed by atoms with van der Waals surface area (Å²) in [5.41, 5.74) is -1.19. The molecule has 0 aliphatic carbocycles. The lowest BCUT2D eigenvalue weighted by Crippen LogP contribution is -2.50. The summed E-state index contributed by atoms with van der Waals surface area (Å²) in [7, 11) is 0. The molecule has 0 bridgehead atoms. The van der Waals surface area contributed by atoms with Crippen molar-refractivity contribution in [2.45, 2.75) is 61.3 Å². The maximum Gasteiger partial charge on any atom is 0.323 e. The maximum atomic E-state index is 12.7. The summed E-state index contributed by atoms with van der Waals surface area (Å²) >= 11 is 0. The van der Waals surface area contributed by atoms with Crippen LogP contribution >= 0.6 is 0 Å². The minimum atomic E-state index is -1.19. The molecule has 4 nitrogen and oxygen atoms in total. The minimum Gasteiger partial charge on any atom is -0.465 e. The number of hydrogen-bond acceptors (Lipinski definition) is 4. The lowest BCUT2D eigenvalue weighted by atomic mass is 9.65. The van der Waals surface area contributed by atoms with Gasteiger partial charge in [-0.25, -0.2) is 0 Å². The molecule has 0 saturated heterocycles. The van der Waals surface area contributed by atoms with Gasteiger partial charge in [-0.2, -0.15) is 0 Å². The van der Waals surface area contributed by atoms with Crippen molar-refractivity contribution < 1.29 is 19.1 Å². The third-order valence-electron chi connectivity index (χ3n) is 3.89. The predicted molar refractivity (Wildman–Crippen MR) is 83.8 cm³/mol. The van der Waals surface area contributed by atoms with Gasteiger partial charge in [0.2, 0.25) is 0 Å². The van der Waals surface area contributed by atoms with Crippen LogP contribution in [0.1, 0.15) is 61.3 Å². The van der Waals surface area contributed by atoms with Crippen molar-refractivity contribution >= 4 is 11.9 Å². The number of carbonyl (C=O) groups is 2. The molecule has 21 heavy (non-hydrogen) atoms. The lowest BCUT2D eigenvalue weighted by Gasteiger charge is -2.39. The largest absolute Gasteiger partial charge is 0.465 e. The van der Waals surface area contributed by atoms with Crippen molar-refractivity contribution in [2.75, 3.05) is 13.2 Å². The Morgan fingerprint density at radius 3 is 1.57 bits per heavy atom. The average Bonchev–Trinajstić information content (AvgIpc) is 2.37. The van der Waals surface area contributed by atoms with Gasteiger partial charge in [0.25, 0.3) is 0 Å². The molecule has 4 heteroatoms. The number of ether oxygens (including phenoxy) is 2. The topological polar surface area (TPSA) is 52.6 Å². The van der Waals surface area contributed by atoms with E-state index in [0.717, 1.165) is 6.42 Å². The Labute approximate surface area is 129 Å². The quantitative estimate of drug-likeness (QED) is 0.480. The van der Waals surface area contributed by atoms with E-state index in [2.05, 4.69) is 0 Å². The maximum absolute atomic E-state index is 12.7. The zero-order valence-electron chi connectivity index (χ0n) is 14.7. The van der Waals surface area contributed by atoms with Crippen LogP contribution in [0.25, 0.3) is 0 Å². The third-order valence-corrected chi connectivity index (χ3v) is 3.89. The molecule has 124 valence electrons. The molecule has 0 rings (SSSR count). The summed E-state index contributed by atoms with van der Waals surface area (Å²) < 4.78 is 10.5. The Kier molecular flexibility index (Phi) is 8.60. The Hall–Kier alpha value is -1.06. The van der Waals surface area contributed by atoms with Crippen LogP contribution in [-0.2, 0) is 19.1 Å². The Bertz CT molecular complexity index is 316. The van der Waals surface area contributed by atoms with Gasteiger partial charge in [0.1, 0.15) is 0 Å². The molecule has 1 atom stereocenters. The van der Waals surface area contributed by atoms with Crippen molar-refractivity contribution in [3.63, 3.8) is 0 Å². The number of hydrogen-bond donors (Lipinski definition) is 0. The SMILES string of the molecule is CCOC(=O)C(CC(C)C)(C(=O)OCC)C(CC)C(C)C. The van der Waals surface area contributed by atoms with Crippen molar-refractivity contribution in [3.05, 3.63) is 0 Å². The summed E-state index contributed by atoms with van der Waals surface area (Å²) in [5.74, 6) is -0.553. The van der Waals surface area contributed by atoms with Gasteiger partial charge < -0.3 is 9.47 Å². The zero-order valence-corrected chi connectivity index (χ0v) is 14.7. The van der Waals surface area contributed by atoms with E-state index in [-0.39, 0.29) is 31.0 Å². The van der Waals surface area contributed by atoms with E-state index in [9.17, 15) is 9.59 Å². The van der Waals surface area contributed by atoms with E-state index in [1.54, 1.807) is 13.8 Å². The van der Waals surface area contributed by atoms with Crippen LogP contribution < -0.4 is 0 Å². The van der Waals surface area contributed by atoms with E-state index in [1.165, 1.54) is 0 Å². The van der Waals surface area contributed by atoms with Crippen molar-refractivity contribution in [1.82, 2.24) is 0 Å². The van der Waals surface area contributed by atoms with Gasteiger partial charge >= 0.3 is 11.9 Å². The highest BCUT2D eigenvalue weighted by atomic mass is 16.6. The van der Waals surface area contributed by atoms with E-state index in [1.807, 2.05) is 34.6 Å². The van der Waals surface area contributed by atoms with Crippen molar-refractivity contribution in [1.29, 1.82) is 0 Å². The smallest absolute Gasteiger partial charge is 0.323 e. The second kappa shape index (κ2) is 9.06. The standard InChI is InChI=1S/C17H32O4/c1-8-14(13(6)7)17(11-12(4)5,15(18)20-9-2)16(19)21-10-3/h12-14H,8-11H2,1-7H3. The monoisotopic (exact) mass is 300 g/mol. The lowest BCUT2D eigenvalue weighted by molar-refractivity contribution is -0.180. The van der Waals surface area contributed by atoms with Gasteiger partial charge in [-0.1, -0.05) is 41.0 Å². The number of esters is 2. The van der Waals surface area contributed by atoms with Crippen LogP contribution in [0.3, 0.4) is 0 Å². The molecule has 0 aliphatic heterocycles. The molecule has 0 amide bonds. The third kappa shape index (κ3) is 4.72. The second-order valence-electron chi connectivity index (χ2n) is 6.27. The van der Waals surface area contributed by atoms with Gasteiger partial charge in [-0.15, -0.1) is 0 Å². The average molecular weight is 300 g/mol. The normalized spacial score (nSPS) is 13.4. The fourth-order valence-electron chi connectivity index (χ4n) is 3.26. The molecule has 0 radical (unpaired) electrons. The highest BCUT2D eigenvalue weighted by Gasteiger charge is 2.55. The van der Waals surface area contributed by atoms with Gasteiger partial charge in [0, 0.05) is 0 Å². The number of carbonyl (C=O) groups excluding carboxylic acids is 2. The summed E-state index contributed by atoms with van der Waals surface area (Å²) in [5, 5.41) is 0. The van der Waals surface area contributed by atoms with Gasteiger partial charge in [-0.3, -0.25) is 9.59 Å². The molecule has 0 spiro atoms. The van der Waals surface area contributed by atoms with Crippen LogP contribution in [0.4, 0.5) is 0 Å². The first-order valence-electron chi connectivity index (χ1n) is 8.12. The molecular formula is C17H32O4. The van der Waals surface area contributed by atoms with Gasteiger partial charge in [-0.05, 0) is 38.0 Å². The fraction of sp³-hybridized carbons (Fsp3) is 0.882. The Balaban J connectivity index is 5.92. The van der Waals surface area contributed by atoms with Crippen LogP contribution in [0.2, 0.25) is 0 Å². The molecule has 0 aromatic heterocycles. The van der Waals surface area contributed by atoms with Crippen LogP contribution in [0.15, 0.2) is 0 Å². The van der Waals surface area contributed by atoms with Crippen LogP contribution in [-0.4, -0.2) is 25.2 Å². The first kappa shape index (κ1) is 19.9. The fourth-order valence-corrected chi connectivity index (χ4v) is 3.26. The molecule has 0 aromatic carbocycles. The highest BCUT2D eigenvalue weighted by Crippen LogP contribution is 2.43. The molecule has 0 fully saturated rings. The van der Waals surface area contributed by atoms with Gasteiger partial charge in [0.05, 0.1) is 13.2 Å². The molecule has 1 unspecified atom stereocenters. The molecule has 0 aliphatic rings. The predicted octanol–water partition coefficient (Wildman–Crippen LogP) is 3.83. The molecule has 0 aromatic rings. The molecule has 0 N–H and O–H groups in total. The summed E-state index contributed by atoms with van der Waals surface area (Å²) in [6.07, 6.45) is 1.20. The van der Waals surface area contributed by atoms with Gasteiger partial charge in [0.15, 0.2) is 5.41 Å². The Morgan fingerprint density at radius 2 is 1.33 bits per heavy atom. The Morgan fingerprint density at radius 1 is 0.905 bits per heavy atom. The molecular weight excluding hydrogens is 268 g/mol. The van der Waals surface area contributed by atoms with E-state index in [4.69, 9.17) is 9.47 Å². The first-order chi connectivity index (χ1) is 9.77. The minimum absolute atomic E-state index is 0.0852. The summed E-state index contributed by atoms with van der Waals surface area (Å²) in [6.45, 7) is 14.2. The van der Waals surface area contributed by atoms with E-state index < -0.39 is 17.4 Å². The van der Waals surface area contributed by atoms with E-state index >= 15 is 0 Å². The summed E-state index contributed by atoms with van der Waals surface area (Å²) in [6, 6.07) is 0. The number of rotatable bonds is 9. The molecule has 0 heterocycles.